The van der Waals surface area contributed by atoms with Crippen LogP contribution < -0.4 is 10.0 Å². The second kappa shape index (κ2) is 10.6. The van der Waals surface area contributed by atoms with E-state index < -0.39 is 15.9 Å². The zero-order valence-electron chi connectivity index (χ0n) is 19.9. The lowest BCUT2D eigenvalue weighted by Gasteiger charge is -2.09. The summed E-state index contributed by atoms with van der Waals surface area (Å²) in [7, 11) is -3.65. The number of rotatable bonds is 8. The van der Waals surface area contributed by atoms with Crippen molar-refractivity contribution in [2.75, 3.05) is 17.0 Å². The summed E-state index contributed by atoms with van der Waals surface area (Å²) in [4.78, 5) is 12.9. The van der Waals surface area contributed by atoms with Gasteiger partial charge in [-0.15, -0.1) is 0 Å². The van der Waals surface area contributed by atoms with Crippen LogP contribution >= 0.6 is 11.6 Å². The molecule has 0 spiro atoms. The topological polar surface area (TPSA) is 93.1 Å². The van der Waals surface area contributed by atoms with Gasteiger partial charge in [0.1, 0.15) is 11.5 Å². The lowest BCUT2D eigenvalue weighted by atomic mass is 10.1. The van der Waals surface area contributed by atoms with E-state index in [9.17, 15) is 17.6 Å². The van der Waals surface area contributed by atoms with Gasteiger partial charge in [-0.2, -0.15) is 5.10 Å². The molecule has 1 heterocycles. The molecule has 0 fully saturated rings. The number of amides is 1. The molecular formula is C28H22ClFN4O3S. The van der Waals surface area contributed by atoms with Gasteiger partial charge in [0.25, 0.3) is 5.91 Å². The highest BCUT2D eigenvalue weighted by molar-refractivity contribution is 7.92. The van der Waals surface area contributed by atoms with E-state index in [1.165, 1.54) is 12.1 Å². The molecule has 0 atom stereocenters. The van der Waals surface area contributed by atoms with Gasteiger partial charge in [0.15, 0.2) is 0 Å². The minimum absolute atomic E-state index is 0.0822. The van der Waals surface area contributed by atoms with Crippen LogP contribution in [0.15, 0.2) is 97.1 Å². The summed E-state index contributed by atoms with van der Waals surface area (Å²) in [6, 6.07) is 26.7. The summed E-state index contributed by atoms with van der Waals surface area (Å²) in [6.07, 6.45) is 0. The number of hydrogen-bond donors (Lipinski definition) is 2. The lowest BCUT2D eigenvalue weighted by Crippen LogP contribution is -2.31. The number of hydrogen-bond acceptors (Lipinski definition) is 4. The van der Waals surface area contributed by atoms with E-state index in [-0.39, 0.29) is 18.1 Å². The number of benzene rings is 4. The van der Waals surface area contributed by atoms with E-state index in [4.69, 9.17) is 16.7 Å². The Kier molecular flexibility index (Phi) is 7.13. The Bertz CT molecular complexity index is 1720. The van der Waals surface area contributed by atoms with Gasteiger partial charge in [-0.25, -0.2) is 17.5 Å². The average Bonchev–Trinajstić information content (AvgIpc) is 3.28. The molecule has 7 nitrogen and oxygen atoms in total. The predicted molar refractivity (Wildman–Crippen MR) is 148 cm³/mol. The van der Waals surface area contributed by atoms with E-state index in [1.54, 1.807) is 71.4 Å². The van der Waals surface area contributed by atoms with Gasteiger partial charge in [0.2, 0.25) is 10.0 Å². The van der Waals surface area contributed by atoms with E-state index >= 15 is 0 Å². The largest absolute Gasteiger partial charge is 0.351 e. The molecule has 38 heavy (non-hydrogen) atoms. The van der Waals surface area contributed by atoms with Crippen LogP contribution in [-0.4, -0.2) is 36.4 Å². The van der Waals surface area contributed by atoms with Crippen molar-refractivity contribution >= 4 is 44.1 Å². The quantitative estimate of drug-likeness (QED) is 0.262. The predicted octanol–water partition coefficient (Wildman–Crippen LogP) is 5.66. The van der Waals surface area contributed by atoms with Crippen LogP contribution in [0.3, 0.4) is 0 Å². The Balaban J connectivity index is 1.42. The number of sulfonamides is 1. The zero-order valence-corrected chi connectivity index (χ0v) is 21.5. The summed E-state index contributed by atoms with van der Waals surface area (Å²) in [5.74, 6) is -1.11. The molecule has 0 aliphatic rings. The SMILES string of the molecule is O=C(NCCS(=O)(=O)Nc1ccccc1)c1ccc2c(-c3ccccc3Cl)nn(-c3ccc(F)cc3)c2c1. The van der Waals surface area contributed by atoms with Crippen molar-refractivity contribution in [2.45, 2.75) is 0 Å². The summed E-state index contributed by atoms with van der Waals surface area (Å²) in [6.45, 7) is -0.0822. The van der Waals surface area contributed by atoms with Crippen molar-refractivity contribution in [2.24, 2.45) is 0 Å². The summed E-state index contributed by atoms with van der Waals surface area (Å²) in [5.41, 5.74) is 3.31. The maximum absolute atomic E-state index is 13.6. The fourth-order valence-corrected chi connectivity index (χ4v) is 5.22. The molecule has 5 rings (SSSR count). The first-order chi connectivity index (χ1) is 18.3. The Labute approximate surface area is 223 Å². The third-order valence-corrected chi connectivity index (χ3v) is 7.46. The highest BCUT2D eigenvalue weighted by Gasteiger charge is 2.18. The summed E-state index contributed by atoms with van der Waals surface area (Å²) >= 11 is 6.44. The molecule has 4 aromatic carbocycles. The number of anilines is 1. The number of carbonyl (C=O) groups is 1. The molecule has 192 valence electrons. The smallest absolute Gasteiger partial charge is 0.251 e. The van der Waals surface area contributed by atoms with Crippen molar-refractivity contribution in [1.29, 1.82) is 0 Å². The van der Waals surface area contributed by atoms with Crippen LogP contribution in [0, 0.1) is 5.82 Å². The van der Waals surface area contributed by atoms with Crippen LogP contribution in [0.2, 0.25) is 5.02 Å². The number of nitrogens with zero attached hydrogens (tertiary/aromatic N) is 2. The van der Waals surface area contributed by atoms with Crippen molar-refractivity contribution in [3.63, 3.8) is 0 Å². The number of aromatic nitrogens is 2. The second-order valence-corrected chi connectivity index (χ2v) is 10.7. The van der Waals surface area contributed by atoms with Crippen molar-refractivity contribution in [1.82, 2.24) is 15.1 Å². The normalized spacial score (nSPS) is 11.4. The fraction of sp³-hybridized carbons (Fsp3) is 0.0714. The number of carbonyl (C=O) groups excluding carboxylic acids is 1. The maximum Gasteiger partial charge on any atom is 0.251 e. The minimum Gasteiger partial charge on any atom is -0.351 e. The number of halogens is 2. The molecule has 1 aromatic heterocycles. The van der Waals surface area contributed by atoms with Gasteiger partial charge in [0.05, 0.1) is 22.0 Å². The van der Waals surface area contributed by atoms with E-state index in [0.717, 1.165) is 5.39 Å². The van der Waals surface area contributed by atoms with E-state index in [0.29, 0.717) is 38.7 Å². The Morgan fingerprint density at radius 1 is 0.921 bits per heavy atom. The first-order valence-electron chi connectivity index (χ1n) is 11.7. The molecule has 2 N–H and O–H groups in total. The second-order valence-electron chi connectivity index (χ2n) is 8.49. The molecular weight excluding hydrogens is 527 g/mol. The highest BCUT2D eigenvalue weighted by Crippen LogP contribution is 2.34. The van der Waals surface area contributed by atoms with Crippen LogP contribution in [0.1, 0.15) is 10.4 Å². The van der Waals surface area contributed by atoms with Gasteiger partial charge in [-0.3, -0.25) is 9.52 Å². The fourth-order valence-electron chi connectivity index (χ4n) is 4.03. The molecule has 0 aliphatic heterocycles. The highest BCUT2D eigenvalue weighted by atomic mass is 35.5. The summed E-state index contributed by atoms with van der Waals surface area (Å²) in [5, 5.41) is 8.67. The average molecular weight is 549 g/mol. The number of para-hydroxylation sites is 1. The molecule has 0 aliphatic carbocycles. The van der Waals surface area contributed by atoms with Crippen LogP contribution in [0.5, 0.6) is 0 Å². The zero-order chi connectivity index (χ0) is 26.7. The third kappa shape index (κ3) is 5.53. The van der Waals surface area contributed by atoms with E-state index in [2.05, 4.69) is 10.0 Å². The molecule has 1 amide bonds. The Morgan fingerprint density at radius 3 is 2.37 bits per heavy atom. The Hall–Kier alpha value is -4.21. The van der Waals surface area contributed by atoms with Crippen molar-refractivity contribution < 1.29 is 17.6 Å². The number of fused-ring (bicyclic) bond motifs is 1. The third-order valence-electron chi connectivity index (χ3n) is 5.85. The van der Waals surface area contributed by atoms with E-state index in [1.807, 2.05) is 18.2 Å². The van der Waals surface area contributed by atoms with Crippen molar-refractivity contribution in [3.8, 4) is 16.9 Å². The van der Waals surface area contributed by atoms with Crippen LogP contribution in [0.25, 0.3) is 27.8 Å². The molecule has 10 heteroatoms. The van der Waals surface area contributed by atoms with Crippen LogP contribution in [0.4, 0.5) is 10.1 Å². The molecule has 0 saturated heterocycles. The minimum atomic E-state index is -3.65. The molecule has 0 bridgehead atoms. The number of nitrogens with one attached hydrogen (secondary N) is 2. The molecule has 5 aromatic rings. The van der Waals surface area contributed by atoms with Crippen molar-refractivity contribution in [3.05, 3.63) is 113 Å². The lowest BCUT2D eigenvalue weighted by molar-refractivity contribution is 0.0956. The molecule has 0 saturated carbocycles. The summed E-state index contributed by atoms with van der Waals surface area (Å²) < 4.78 is 42.4. The molecule has 0 radical (unpaired) electrons. The van der Waals surface area contributed by atoms with Gasteiger partial charge in [-0.1, -0.05) is 48.0 Å². The van der Waals surface area contributed by atoms with Crippen LogP contribution in [-0.2, 0) is 10.0 Å². The standard InChI is InChI=1S/C28H22ClFN4O3S/c29-25-9-5-4-8-23(25)27-24-15-10-19(18-26(24)34(32-27)22-13-11-20(30)12-14-22)28(35)31-16-17-38(36,37)33-21-6-2-1-3-7-21/h1-15,18,33H,16-17H2,(H,31,35). The monoisotopic (exact) mass is 548 g/mol. The maximum atomic E-state index is 13.6. The van der Waals surface area contributed by atoms with Gasteiger partial charge in [0, 0.05) is 28.7 Å². The first-order valence-corrected chi connectivity index (χ1v) is 13.7. The molecule has 0 unspecified atom stereocenters. The van der Waals surface area contributed by atoms with Gasteiger partial charge >= 0.3 is 0 Å². The van der Waals surface area contributed by atoms with Gasteiger partial charge < -0.3 is 5.32 Å². The Morgan fingerprint density at radius 2 is 1.63 bits per heavy atom. The first kappa shape index (κ1) is 25.4. The van der Waals surface area contributed by atoms with Gasteiger partial charge in [-0.05, 0) is 60.7 Å².